The van der Waals surface area contributed by atoms with Crippen LogP contribution in [0.1, 0.15) is 5.56 Å². The SMILES string of the molecule is COc1cc(N)cc(Cn2nnc(-c3ccccc3)n2)c1. The van der Waals surface area contributed by atoms with Crippen LogP contribution in [0.15, 0.2) is 48.5 Å². The second kappa shape index (κ2) is 5.62. The third kappa shape index (κ3) is 3.00. The van der Waals surface area contributed by atoms with Crippen LogP contribution >= 0.6 is 0 Å². The van der Waals surface area contributed by atoms with Crippen molar-refractivity contribution in [2.75, 3.05) is 12.8 Å². The Morgan fingerprint density at radius 1 is 1.14 bits per heavy atom. The maximum atomic E-state index is 5.84. The van der Waals surface area contributed by atoms with Crippen molar-refractivity contribution in [3.8, 4) is 17.1 Å². The molecule has 0 aliphatic heterocycles. The molecule has 0 aliphatic carbocycles. The molecule has 1 heterocycles. The summed E-state index contributed by atoms with van der Waals surface area (Å²) >= 11 is 0. The molecule has 0 aliphatic rings. The summed E-state index contributed by atoms with van der Waals surface area (Å²) < 4.78 is 5.20. The number of aromatic nitrogens is 4. The summed E-state index contributed by atoms with van der Waals surface area (Å²) in [6, 6.07) is 15.3. The van der Waals surface area contributed by atoms with Crippen molar-refractivity contribution >= 4 is 5.69 Å². The molecule has 3 rings (SSSR count). The highest BCUT2D eigenvalue weighted by atomic mass is 16.5. The largest absolute Gasteiger partial charge is 0.497 e. The van der Waals surface area contributed by atoms with Gasteiger partial charge in [0.25, 0.3) is 0 Å². The average molecular weight is 281 g/mol. The van der Waals surface area contributed by atoms with E-state index in [1.165, 1.54) is 4.80 Å². The van der Waals surface area contributed by atoms with E-state index in [1.54, 1.807) is 13.2 Å². The van der Waals surface area contributed by atoms with Crippen molar-refractivity contribution in [2.24, 2.45) is 0 Å². The maximum absolute atomic E-state index is 5.84. The summed E-state index contributed by atoms with van der Waals surface area (Å²) in [7, 11) is 1.61. The Hall–Kier alpha value is -2.89. The first-order chi connectivity index (χ1) is 10.2. The molecule has 6 heteroatoms. The lowest BCUT2D eigenvalue weighted by Gasteiger charge is -2.05. The lowest BCUT2D eigenvalue weighted by atomic mass is 10.2. The first-order valence-corrected chi connectivity index (χ1v) is 6.51. The number of ether oxygens (including phenoxy) is 1. The average Bonchev–Trinajstić information content (AvgIpc) is 2.96. The number of hydrogen-bond donors (Lipinski definition) is 1. The van der Waals surface area contributed by atoms with E-state index in [0.29, 0.717) is 23.8 Å². The molecule has 3 aromatic rings. The molecule has 0 radical (unpaired) electrons. The number of methoxy groups -OCH3 is 1. The summed E-state index contributed by atoms with van der Waals surface area (Å²) in [5.41, 5.74) is 8.39. The molecule has 0 spiro atoms. The molecule has 0 amide bonds. The molecule has 1 aromatic heterocycles. The second-order valence-corrected chi connectivity index (χ2v) is 4.62. The van der Waals surface area contributed by atoms with Crippen LogP contribution in [0, 0.1) is 0 Å². The summed E-state index contributed by atoms with van der Waals surface area (Å²) in [5, 5.41) is 12.5. The van der Waals surface area contributed by atoms with Crippen LogP contribution in [-0.4, -0.2) is 27.3 Å². The van der Waals surface area contributed by atoms with Gasteiger partial charge in [0.05, 0.1) is 13.7 Å². The van der Waals surface area contributed by atoms with Crippen LogP contribution in [0.5, 0.6) is 5.75 Å². The van der Waals surface area contributed by atoms with Crippen molar-refractivity contribution in [2.45, 2.75) is 6.54 Å². The lowest BCUT2D eigenvalue weighted by molar-refractivity contribution is 0.414. The zero-order valence-electron chi connectivity index (χ0n) is 11.6. The predicted octanol–water partition coefficient (Wildman–Crippen LogP) is 1.98. The topological polar surface area (TPSA) is 78.9 Å². The number of hydrogen-bond acceptors (Lipinski definition) is 5. The van der Waals surface area contributed by atoms with E-state index in [1.807, 2.05) is 42.5 Å². The van der Waals surface area contributed by atoms with Crippen molar-refractivity contribution < 1.29 is 4.74 Å². The molecule has 0 atom stereocenters. The molecular weight excluding hydrogens is 266 g/mol. The van der Waals surface area contributed by atoms with Gasteiger partial charge in [-0.05, 0) is 22.9 Å². The fraction of sp³-hybridized carbons (Fsp3) is 0.133. The number of benzene rings is 2. The van der Waals surface area contributed by atoms with E-state index >= 15 is 0 Å². The van der Waals surface area contributed by atoms with Gasteiger partial charge < -0.3 is 10.5 Å². The lowest BCUT2D eigenvalue weighted by Crippen LogP contribution is -2.05. The van der Waals surface area contributed by atoms with Crippen molar-refractivity contribution in [3.05, 3.63) is 54.1 Å². The molecule has 106 valence electrons. The van der Waals surface area contributed by atoms with E-state index in [9.17, 15) is 0 Å². The smallest absolute Gasteiger partial charge is 0.204 e. The first kappa shape index (κ1) is 13.1. The van der Waals surface area contributed by atoms with Gasteiger partial charge in [0, 0.05) is 17.3 Å². The van der Waals surface area contributed by atoms with E-state index in [2.05, 4.69) is 15.4 Å². The van der Waals surface area contributed by atoms with Gasteiger partial charge in [0.2, 0.25) is 5.82 Å². The summed E-state index contributed by atoms with van der Waals surface area (Å²) in [6.07, 6.45) is 0. The maximum Gasteiger partial charge on any atom is 0.204 e. The van der Waals surface area contributed by atoms with E-state index in [0.717, 1.165) is 11.1 Å². The second-order valence-electron chi connectivity index (χ2n) is 4.62. The molecule has 0 fully saturated rings. The van der Waals surface area contributed by atoms with Crippen molar-refractivity contribution in [1.29, 1.82) is 0 Å². The zero-order valence-corrected chi connectivity index (χ0v) is 11.6. The summed E-state index contributed by atoms with van der Waals surface area (Å²) in [5.74, 6) is 1.32. The van der Waals surface area contributed by atoms with Gasteiger partial charge in [-0.1, -0.05) is 30.3 Å². The number of tetrazole rings is 1. The standard InChI is InChI=1S/C15H15N5O/c1-21-14-8-11(7-13(16)9-14)10-20-18-15(17-19-20)12-5-3-2-4-6-12/h2-9H,10,16H2,1H3. The minimum absolute atomic E-state index is 0.487. The molecule has 0 saturated heterocycles. The molecule has 21 heavy (non-hydrogen) atoms. The normalized spacial score (nSPS) is 10.5. The van der Waals surface area contributed by atoms with Gasteiger partial charge >= 0.3 is 0 Å². The highest BCUT2D eigenvalue weighted by Gasteiger charge is 2.07. The highest BCUT2D eigenvalue weighted by Crippen LogP contribution is 2.19. The minimum Gasteiger partial charge on any atom is -0.497 e. The molecule has 0 unspecified atom stereocenters. The van der Waals surface area contributed by atoms with Gasteiger partial charge in [-0.25, -0.2) is 0 Å². The quantitative estimate of drug-likeness (QED) is 0.740. The van der Waals surface area contributed by atoms with Gasteiger partial charge in [0.15, 0.2) is 0 Å². The Kier molecular flexibility index (Phi) is 3.51. The van der Waals surface area contributed by atoms with Crippen LogP contribution in [0.3, 0.4) is 0 Å². The molecular formula is C15H15N5O. The highest BCUT2D eigenvalue weighted by molar-refractivity contribution is 5.53. The number of nitrogens with zero attached hydrogens (tertiary/aromatic N) is 4. The first-order valence-electron chi connectivity index (χ1n) is 6.51. The van der Waals surface area contributed by atoms with Crippen LogP contribution < -0.4 is 10.5 Å². The number of anilines is 1. The Bertz CT molecular complexity index is 739. The number of nitrogen functional groups attached to an aromatic ring is 1. The Morgan fingerprint density at radius 3 is 2.71 bits per heavy atom. The van der Waals surface area contributed by atoms with E-state index < -0.39 is 0 Å². The molecule has 0 bridgehead atoms. The minimum atomic E-state index is 0.487. The third-order valence-corrected chi connectivity index (χ3v) is 3.03. The van der Waals surface area contributed by atoms with Crippen LogP contribution in [0.4, 0.5) is 5.69 Å². The number of rotatable bonds is 4. The number of nitrogens with two attached hydrogens (primary N) is 1. The van der Waals surface area contributed by atoms with Crippen LogP contribution in [0.2, 0.25) is 0 Å². The monoisotopic (exact) mass is 281 g/mol. The van der Waals surface area contributed by atoms with Crippen molar-refractivity contribution in [3.63, 3.8) is 0 Å². The molecule has 0 saturated carbocycles. The van der Waals surface area contributed by atoms with Crippen molar-refractivity contribution in [1.82, 2.24) is 20.2 Å². The van der Waals surface area contributed by atoms with Crippen LogP contribution in [-0.2, 0) is 6.54 Å². The van der Waals surface area contributed by atoms with Gasteiger partial charge in [-0.3, -0.25) is 0 Å². The fourth-order valence-electron chi connectivity index (χ4n) is 2.07. The fourth-order valence-corrected chi connectivity index (χ4v) is 2.07. The van der Waals surface area contributed by atoms with Gasteiger partial charge in [0.1, 0.15) is 5.75 Å². The van der Waals surface area contributed by atoms with Gasteiger partial charge in [-0.2, -0.15) is 4.80 Å². The van der Waals surface area contributed by atoms with E-state index in [4.69, 9.17) is 10.5 Å². The van der Waals surface area contributed by atoms with Crippen LogP contribution in [0.25, 0.3) is 11.4 Å². The summed E-state index contributed by atoms with van der Waals surface area (Å²) in [6.45, 7) is 0.487. The van der Waals surface area contributed by atoms with Gasteiger partial charge in [-0.15, -0.1) is 10.2 Å². The Labute approximate surface area is 122 Å². The molecule has 2 N–H and O–H groups in total. The Morgan fingerprint density at radius 2 is 1.95 bits per heavy atom. The molecule has 2 aromatic carbocycles. The summed E-state index contributed by atoms with van der Waals surface area (Å²) in [4.78, 5) is 1.54. The molecule has 6 nitrogen and oxygen atoms in total. The predicted molar refractivity (Wildman–Crippen MR) is 79.8 cm³/mol. The zero-order chi connectivity index (χ0) is 14.7. The third-order valence-electron chi connectivity index (χ3n) is 3.03. The van der Waals surface area contributed by atoms with E-state index in [-0.39, 0.29) is 0 Å². The Balaban J connectivity index is 1.83.